The lowest BCUT2D eigenvalue weighted by molar-refractivity contribution is 0.566. The first-order valence-corrected chi connectivity index (χ1v) is 6.73. The molecule has 0 rings (SSSR count). The van der Waals surface area contributed by atoms with Crippen molar-refractivity contribution < 1.29 is 0 Å². The van der Waals surface area contributed by atoms with E-state index in [0.717, 1.165) is 5.66 Å². The van der Waals surface area contributed by atoms with E-state index < -0.39 is 0 Å². The van der Waals surface area contributed by atoms with E-state index >= 15 is 0 Å². The highest BCUT2D eigenvalue weighted by Crippen LogP contribution is 2.15. The molecule has 2 unspecified atom stereocenters. The molecule has 0 aliphatic rings. The highest BCUT2D eigenvalue weighted by atomic mass is 31.0. The topological polar surface area (TPSA) is 0 Å². The third-order valence-electron chi connectivity index (χ3n) is 2.70. The van der Waals surface area contributed by atoms with Gasteiger partial charge in [-0.2, -0.15) is 0 Å². The van der Waals surface area contributed by atoms with E-state index in [9.17, 15) is 0 Å². The third-order valence-corrected chi connectivity index (χ3v) is 3.51. The van der Waals surface area contributed by atoms with Gasteiger partial charge in [0.15, 0.2) is 0 Å². The first-order valence-electron chi connectivity index (χ1n) is 6.06. The fourth-order valence-corrected chi connectivity index (χ4v) is 1.80. The average molecular weight is 202 g/mol. The molecule has 0 heterocycles. The van der Waals surface area contributed by atoms with Crippen LogP contribution in [0.1, 0.15) is 71.6 Å². The van der Waals surface area contributed by atoms with E-state index in [4.69, 9.17) is 0 Å². The summed E-state index contributed by atoms with van der Waals surface area (Å²) in [6.45, 7) is 4.55. The van der Waals surface area contributed by atoms with E-state index in [1.54, 1.807) is 0 Å². The molecule has 0 aliphatic carbocycles. The molecule has 0 spiro atoms. The second-order valence-corrected chi connectivity index (χ2v) is 5.02. The van der Waals surface area contributed by atoms with Crippen LogP contribution in [0.5, 0.6) is 0 Å². The summed E-state index contributed by atoms with van der Waals surface area (Å²) in [5, 5.41) is 0. The molecular formula is C12H27P. The van der Waals surface area contributed by atoms with Crippen molar-refractivity contribution in [2.75, 3.05) is 0 Å². The van der Waals surface area contributed by atoms with Gasteiger partial charge in [-0.05, 0) is 18.5 Å². The second-order valence-electron chi connectivity index (χ2n) is 4.08. The van der Waals surface area contributed by atoms with Crippen molar-refractivity contribution in [3.8, 4) is 0 Å². The lowest BCUT2D eigenvalue weighted by atomic mass is 10.1. The van der Waals surface area contributed by atoms with E-state index in [1.807, 2.05) is 0 Å². The van der Waals surface area contributed by atoms with Crippen molar-refractivity contribution in [1.82, 2.24) is 0 Å². The summed E-state index contributed by atoms with van der Waals surface area (Å²) < 4.78 is 0. The van der Waals surface area contributed by atoms with Crippen molar-refractivity contribution in [3.05, 3.63) is 0 Å². The van der Waals surface area contributed by atoms with Crippen LogP contribution in [0.15, 0.2) is 0 Å². The maximum atomic E-state index is 2.95. The standard InChI is InChI=1S/C12H27P/c1-3-5-6-7-8-9-10-11-12(13)4-2/h12H,3-11,13H2,1-2H3. The monoisotopic (exact) mass is 202 g/mol. The zero-order chi connectivity index (χ0) is 9.94. The summed E-state index contributed by atoms with van der Waals surface area (Å²) in [5.41, 5.74) is 0.871. The van der Waals surface area contributed by atoms with Gasteiger partial charge in [0.1, 0.15) is 0 Å². The zero-order valence-corrected chi connectivity index (χ0v) is 10.7. The van der Waals surface area contributed by atoms with Crippen LogP contribution in [0.25, 0.3) is 0 Å². The Hall–Kier alpha value is 0.430. The minimum atomic E-state index is 0.871. The van der Waals surface area contributed by atoms with E-state index in [2.05, 4.69) is 23.1 Å². The summed E-state index contributed by atoms with van der Waals surface area (Å²) in [5.74, 6) is 0. The number of rotatable bonds is 9. The highest BCUT2D eigenvalue weighted by molar-refractivity contribution is 7.17. The second kappa shape index (κ2) is 10.5. The van der Waals surface area contributed by atoms with Crippen LogP contribution in [-0.4, -0.2) is 5.66 Å². The quantitative estimate of drug-likeness (QED) is 0.373. The predicted molar refractivity (Wildman–Crippen MR) is 66.4 cm³/mol. The molecule has 0 N–H and O–H groups in total. The SMILES string of the molecule is CCCCCCCCCC(P)CC. The Labute approximate surface area is 87.1 Å². The molecule has 0 nitrogen and oxygen atoms in total. The number of hydrogen-bond acceptors (Lipinski definition) is 0. The van der Waals surface area contributed by atoms with E-state index in [-0.39, 0.29) is 0 Å². The molecule has 2 atom stereocenters. The van der Waals surface area contributed by atoms with Crippen LogP contribution >= 0.6 is 9.24 Å². The Morgan fingerprint density at radius 2 is 1.38 bits per heavy atom. The number of unbranched alkanes of at least 4 members (excludes halogenated alkanes) is 6. The van der Waals surface area contributed by atoms with Crippen molar-refractivity contribution in [2.45, 2.75) is 77.3 Å². The smallest absolute Gasteiger partial charge is 0.0267 e. The summed E-state index contributed by atoms with van der Waals surface area (Å²) in [7, 11) is 2.95. The first kappa shape index (κ1) is 13.4. The first-order chi connectivity index (χ1) is 6.31. The molecule has 0 aromatic carbocycles. The number of hydrogen-bond donors (Lipinski definition) is 0. The van der Waals surface area contributed by atoms with Gasteiger partial charge in [-0.15, -0.1) is 9.24 Å². The Bertz CT molecular complexity index is 91.1. The van der Waals surface area contributed by atoms with Gasteiger partial charge in [-0.3, -0.25) is 0 Å². The molecule has 0 saturated carbocycles. The fraction of sp³-hybridized carbons (Fsp3) is 1.00. The minimum Gasteiger partial charge on any atom is -0.134 e. The normalized spacial score (nSPS) is 13.2. The molecule has 80 valence electrons. The Morgan fingerprint density at radius 1 is 0.846 bits per heavy atom. The highest BCUT2D eigenvalue weighted by Gasteiger charge is 1.97. The minimum absolute atomic E-state index is 0.871. The lowest BCUT2D eigenvalue weighted by Crippen LogP contribution is -1.94. The van der Waals surface area contributed by atoms with E-state index in [1.165, 1.54) is 57.8 Å². The maximum absolute atomic E-state index is 2.95. The fourth-order valence-electron chi connectivity index (χ4n) is 1.57. The van der Waals surface area contributed by atoms with Crippen LogP contribution in [0, 0.1) is 0 Å². The molecule has 0 aliphatic heterocycles. The summed E-state index contributed by atoms with van der Waals surface area (Å²) >= 11 is 0. The molecule has 0 amide bonds. The van der Waals surface area contributed by atoms with Gasteiger partial charge in [0.05, 0.1) is 0 Å². The Balaban J connectivity index is 2.91. The van der Waals surface area contributed by atoms with Crippen LogP contribution in [0.3, 0.4) is 0 Å². The van der Waals surface area contributed by atoms with E-state index in [0.29, 0.717) is 0 Å². The van der Waals surface area contributed by atoms with Gasteiger partial charge >= 0.3 is 0 Å². The summed E-state index contributed by atoms with van der Waals surface area (Å²) in [6, 6.07) is 0. The van der Waals surface area contributed by atoms with Gasteiger partial charge in [0, 0.05) is 0 Å². The zero-order valence-electron chi connectivity index (χ0n) is 9.52. The average Bonchev–Trinajstić information content (AvgIpc) is 2.16. The molecule has 0 radical (unpaired) electrons. The summed E-state index contributed by atoms with van der Waals surface area (Å²) in [6.07, 6.45) is 12.8. The van der Waals surface area contributed by atoms with Crippen molar-refractivity contribution in [2.24, 2.45) is 0 Å². The Morgan fingerprint density at radius 3 is 1.92 bits per heavy atom. The van der Waals surface area contributed by atoms with Gasteiger partial charge < -0.3 is 0 Å². The van der Waals surface area contributed by atoms with Crippen molar-refractivity contribution in [3.63, 3.8) is 0 Å². The molecule has 0 saturated heterocycles. The third kappa shape index (κ3) is 10.4. The van der Waals surface area contributed by atoms with Gasteiger partial charge in [0.25, 0.3) is 0 Å². The van der Waals surface area contributed by atoms with Gasteiger partial charge in [0.2, 0.25) is 0 Å². The predicted octanol–water partition coefficient (Wildman–Crippen LogP) is 4.78. The van der Waals surface area contributed by atoms with Crippen LogP contribution in [0.4, 0.5) is 0 Å². The largest absolute Gasteiger partial charge is 0.134 e. The molecule has 1 heteroatoms. The van der Waals surface area contributed by atoms with Crippen LogP contribution < -0.4 is 0 Å². The van der Waals surface area contributed by atoms with Crippen LogP contribution in [-0.2, 0) is 0 Å². The van der Waals surface area contributed by atoms with Crippen LogP contribution in [0.2, 0.25) is 0 Å². The molecule has 0 fully saturated rings. The molecule has 13 heavy (non-hydrogen) atoms. The van der Waals surface area contributed by atoms with Crippen molar-refractivity contribution in [1.29, 1.82) is 0 Å². The molecule has 0 aromatic heterocycles. The molecule has 0 bridgehead atoms. The molecular weight excluding hydrogens is 175 g/mol. The van der Waals surface area contributed by atoms with Gasteiger partial charge in [-0.25, -0.2) is 0 Å². The van der Waals surface area contributed by atoms with Gasteiger partial charge in [-0.1, -0.05) is 58.8 Å². The maximum Gasteiger partial charge on any atom is -0.0267 e. The lowest BCUT2D eigenvalue weighted by Gasteiger charge is -2.06. The summed E-state index contributed by atoms with van der Waals surface area (Å²) in [4.78, 5) is 0. The molecule has 0 aromatic rings. The Kier molecular flexibility index (Phi) is 10.9. The van der Waals surface area contributed by atoms with Crippen molar-refractivity contribution >= 4 is 9.24 Å².